The fraction of sp³-hybridized carbons (Fsp3) is 0.571. The van der Waals surface area contributed by atoms with E-state index in [1.165, 1.54) is 11.3 Å². The lowest BCUT2D eigenvalue weighted by atomic mass is 10.1. The molecule has 29 heavy (non-hydrogen) atoms. The first-order valence-corrected chi connectivity index (χ1v) is 11.1. The average Bonchev–Trinajstić information content (AvgIpc) is 3.42. The number of amides is 2. The first kappa shape index (κ1) is 19.0. The summed E-state index contributed by atoms with van der Waals surface area (Å²) in [5.41, 5.74) is 1.48. The van der Waals surface area contributed by atoms with Gasteiger partial charge in [0.1, 0.15) is 0 Å². The van der Waals surface area contributed by atoms with Gasteiger partial charge in [0.15, 0.2) is 5.13 Å². The third-order valence-corrected chi connectivity index (χ3v) is 7.36. The van der Waals surface area contributed by atoms with Gasteiger partial charge in [0.2, 0.25) is 5.91 Å². The van der Waals surface area contributed by atoms with Gasteiger partial charge in [-0.3, -0.25) is 9.59 Å². The molecule has 4 unspecified atom stereocenters. The molecule has 0 radical (unpaired) electrons. The topological polar surface area (TPSA) is 80.8 Å². The number of morpholine rings is 1. The molecule has 8 heteroatoms. The molecule has 1 aromatic carbocycles. The van der Waals surface area contributed by atoms with Gasteiger partial charge < -0.3 is 19.7 Å². The highest BCUT2D eigenvalue weighted by Gasteiger charge is 2.40. The molecule has 1 N–H and O–H groups in total. The van der Waals surface area contributed by atoms with Gasteiger partial charge in [-0.2, -0.15) is 0 Å². The number of aromatic nitrogens is 1. The van der Waals surface area contributed by atoms with Crippen LogP contribution in [0.2, 0.25) is 0 Å². The molecule has 3 aliphatic rings. The fourth-order valence-electron chi connectivity index (χ4n) is 4.82. The van der Waals surface area contributed by atoms with Gasteiger partial charge in [0.05, 0.1) is 41.6 Å². The van der Waals surface area contributed by atoms with Crippen molar-refractivity contribution >= 4 is 38.5 Å². The van der Waals surface area contributed by atoms with Gasteiger partial charge in [-0.25, -0.2) is 4.98 Å². The average molecular weight is 416 g/mol. The molecule has 2 amide bonds. The first-order chi connectivity index (χ1) is 14.1. The molecule has 154 valence electrons. The van der Waals surface area contributed by atoms with Crippen LogP contribution in [0.4, 0.5) is 5.13 Å². The summed E-state index contributed by atoms with van der Waals surface area (Å²) in [4.78, 5) is 32.2. The summed E-state index contributed by atoms with van der Waals surface area (Å²) in [6.45, 7) is 1.26. The normalized spacial score (nSPS) is 28.8. The molecule has 1 saturated carbocycles. The lowest BCUT2D eigenvalue weighted by Crippen LogP contribution is -2.49. The van der Waals surface area contributed by atoms with Crippen LogP contribution in [0, 0.1) is 5.92 Å². The Bertz CT molecular complexity index is 929. The maximum Gasteiger partial charge on any atom is 0.254 e. The monoisotopic (exact) mass is 415 g/mol. The zero-order valence-corrected chi connectivity index (χ0v) is 17.2. The zero-order valence-electron chi connectivity index (χ0n) is 16.4. The Kier molecular flexibility index (Phi) is 5.01. The summed E-state index contributed by atoms with van der Waals surface area (Å²) < 4.78 is 11.9. The molecule has 3 fully saturated rings. The number of carbonyl (C=O) groups is 2. The Morgan fingerprint density at radius 1 is 1.21 bits per heavy atom. The third-order valence-electron chi connectivity index (χ3n) is 6.43. The molecular formula is C21H25N3O4S. The van der Waals surface area contributed by atoms with Crippen LogP contribution in [0.5, 0.6) is 0 Å². The van der Waals surface area contributed by atoms with Crippen molar-refractivity contribution in [3.05, 3.63) is 23.8 Å². The van der Waals surface area contributed by atoms with Crippen molar-refractivity contribution in [2.45, 2.75) is 50.3 Å². The highest BCUT2D eigenvalue weighted by Crippen LogP contribution is 2.33. The number of nitrogens with zero attached hydrogens (tertiary/aromatic N) is 2. The molecule has 4 atom stereocenters. The van der Waals surface area contributed by atoms with E-state index in [9.17, 15) is 9.59 Å². The largest absolute Gasteiger partial charge is 0.381 e. The van der Waals surface area contributed by atoms with Gasteiger partial charge in [0.25, 0.3) is 5.91 Å². The number of hydrogen-bond acceptors (Lipinski definition) is 6. The van der Waals surface area contributed by atoms with Gasteiger partial charge in [-0.1, -0.05) is 11.3 Å². The molecule has 0 spiro atoms. The van der Waals surface area contributed by atoms with Crippen LogP contribution in [0.15, 0.2) is 18.2 Å². The van der Waals surface area contributed by atoms with Crippen LogP contribution in [-0.4, -0.2) is 60.2 Å². The second-order valence-corrected chi connectivity index (χ2v) is 9.22. The van der Waals surface area contributed by atoms with Crippen LogP contribution in [-0.2, 0) is 14.3 Å². The summed E-state index contributed by atoms with van der Waals surface area (Å²) in [6.07, 6.45) is 4.72. The number of benzene rings is 1. The van der Waals surface area contributed by atoms with E-state index in [0.29, 0.717) is 23.9 Å². The Labute approximate surface area is 173 Å². The van der Waals surface area contributed by atoms with Gasteiger partial charge in [0, 0.05) is 18.6 Å². The summed E-state index contributed by atoms with van der Waals surface area (Å²) in [6, 6.07) is 5.99. The highest BCUT2D eigenvalue weighted by atomic mass is 32.1. The Hall–Kier alpha value is -2.03. The zero-order chi connectivity index (χ0) is 20.0. The summed E-state index contributed by atoms with van der Waals surface area (Å²) in [7, 11) is 1.69. The quantitative estimate of drug-likeness (QED) is 0.830. The van der Waals surface area contributed by atoms with E-state index in [-0.39, 0.29) is 35.9 Å². The van der Waals surface area contributed by atoms with Crippen molar-refractivity contribution in [1.82, 2.24) is 9.88 Å². The molecule has 3 heterocycles. The maximum atomic E-state index is 13.1. The number of ether oxygens (including phenoxy) is 2. The fourth-order valence-corrected chi connectivity index (χ4v) is 5.73. The van der Waals surface area contributed by atoms with Crippen LogP contribution in [0.3, 0.4) is 0 Å². The number of thiazole rings is 1. The Morgan fingerprint density at radius 2 is 2.00 bits per heavy atom. The Morgan fingerprint density at radius 3 is 2.72 bits per heavy atom. The number of fused-ring (bicyclic) bond motifs is 3. The maximum absolute atomic E-state index is 13.1. The van der Waals surface area contributed by atoms with E-state index < -0.39 is 0 Å². The molecule has 7 nitrogen and oxygen atoms in total. The van der Waals surface area contributed by atoms with E-state index in [2.05, 4.69) is 10.3 Å². The summed E-state index contributed by atoms with van der Waals surface area (Å²) in [5.74, 6) is 0.0453. The number of methoxy groups -OCH3 is 1. The Balaban J connectivity index is 1.31. The van der Waals surface area contributed by atoms with E-state index in [4.69, 9.17) is 9.47 Å². The minimum Gasteiger partial charge on any atom is -0.381 e. The van der Waals surface area contributed by atoms with E-state index in [1.807, 2.05) is 23.1 Å². The minimum atomic E-state index is -0.0269. The molecular weight excluding hydrogens is 390 g/mol. The predicted molar refractivity (Wildman–Crippen MR) is 110 cm³/mol. The van der Waals surface area contributed by atoms with Crippen molar-refractivity contribution in [3.63, 3.8) is 0 Å². The minimum absolute atomic E-state index is 0.00444. The van der Waals surface area contributed by atoms with Gasteiger partial charge >= 0.3 is 0 Å². The second kappa shape index (κ2) is 7.66. The van der Waals surface area contributed by atoms with E-state index in [1.54, 1.807) is 7.11 Å². The summed E-state index contributed by atoms with van der Waals surface area (Å²) >= 11 is 1.42. The molecule has 2 aliphatic heterocycles. The SMILES string of the molecule is COC1CCC(C(=O)Nc2nc3ccc(C(=O)N4C5CCC4COC5)cc3s2)C1. The number of nitrogens with one attached hydrogen (secondary N) is 1. The van der Waals surface area contributed by atoms with Crippen molar-refractivity contribution in [3.8, 4) is 0 Å². The van der Waals surface area contributed by atoms with E-state index in [0.717, 1.165) is 42.3 Å². The van der Waals surface area contributed by atoms with Crippen LogP contribution >= 0.6 is 11.3 Å². The highest BCUT2D eigenvalue weighted by molar-refractivity contribution is 7.22. The van der Waals surface area contributed by atoms with Gasteiger partial charge in [-0.05, 0) is 50.3 Å². The van der Waals surface area contributed by atoms with Crippen LogP contribution < -0.4 is 5.32 Å². The lowest BCUT2D eigenvalue weighted by molar-refractivity contribution is -0.119. The molecule has 5 rings (SSSR count). The molecule has 1 aromatic heterocycles. The van der Waals surface area contributed by atoms with Crippen molar-refractivity contribution in [2.75, 3.05) is 25.6 Å². The number of rotatable bonds is 4. The molecule has 1 aliphatic carbocycles. The molecule has 2 aromatic rings. The smallest absolute Gasteiger partial charge is 0.254 e. The lowest BCUT2D eigenvalue weighted by Gasteiger charge is -2.34. The molecule has 2 saturated heterocycles. The van der Waals surface area contributed by atoms with Crippen LogP contribution in [0.25, 0.3) is 10.2 Å². The second-order valence-electron chi connectivity index (χ2n) is 8.19. The van der Waals surface area contributed by atoms with Crippen molar-refractivity contribution in [1.29, 1.82) is 0 Å². The van der Waals surface area contributed by atoms with Crippen molar-refractivity contribution in [2.24, 2.45) is 5.92 Å². The third kappa shape index (κ3) is 3.53. The number of anilines is 1. The first-order valence-electron chi connectivity index (χ1n) is 10.3. The van der Waals surface area contributed by atoms with Crippen molar-refractivity contribution < 1.29 is 19.1 Å². The number of hydrogen-bond donors (Lipinski definition) is 1. The predicted octanol–water partition coefficient (Wildman–Crippen LogP) is 3.05. The summed E-state index contributed by atoms with van der Waals surface area (Å²) in [5, 5.41) is 3.54. The van der Waals surface area contributed by atoms with Gasteiger partial charge in [-0.15, -0.1) is 0 Å². The van der Waals surface area contributed by atoms with E-state index >= 15 is 0 Å². The standard InChI is InChI=1S/C21H25N3O4S/c1-27-16-6-2-12(8-16)19(25)23-21-22-17-7-3-13(9-18(17)29-21)20(26)24-14-4-5-15(24)11-28-10-14/h3,7,9,12,14-16H,2,4-6,8,10-11H2,1H3,(H,22,23,25). The number of carbonyl (C=O) groups excluding carboxylic acids is 2. The molecule has 2 bridgehead atoms. The van der Waals surface area contributed by atoms with Crippen LogP contribution in [0.1, 0.15) is 42.5 Å².